The van der Waals surface area contributed by atoms with Crippen LogP contribution in [0.1, 0.15) is 11.1 Å². The molecule has 4 nitrogen and oxygen atoms in total. The molecule has 0 heterocycles. The number of halogens is 1. The smallest absolute Gasteiger partial charge is 0.314 e. The summed E-state index contributed by atoms with van der Waals surface area (Å²) in [6.45, 7) is 0.454. The first-order valence-electron chi connectivity index (χ1n) is 6.59. The van der Waals surface area contributed by atoms with Crippen molar-refractivity contribution >= 4 is 22.0 Å². The number of nitrogens with one attached hydrogen (secondary N) is 2. The van der Waals surface area contributed by atoms with E-state index in [0.717, 1.165) is 26.7 Å². The van der Waals surface area contributed by atoms with Gasteiger partial charge in [-0.3, -0.25) is 0 Å². The molecule has 2 aromatic rings. The summed E-state index contributed by atoms with van der Waals surface area (Å²) in [4.78, 5) is 11.3. The van der Waals surface area contributed by atoms with Gasteiger partial charge in [-0.05, 0) is 28.3 Å². The third-order valence-corrected chi connectivity index (χ3v) is 3.96. The average Bonchev–Trinajstić information content (AvgIpc) is 2.52. The van der Waals surface area contributed by atoms with Crippen LogP contribution in [0.15, 0.2) is 46.9 Å². The Morgan fingerprint density at radius 3 is 2.62 bits per heavy atom. The fourth-order valence-corrected chi connectivity index (χ4v) is 2.57. The minimum atomic E-state index is -0.207. The number of aliphatic hydroxyl groups excluding tert-OH is 1. The van der Waals surface area contributed by atoms with Crippen LogP contribution in [0, 0.1) is 0 Å². The Bertz CT molecular complexity index is 644. The van der Waals surface area contributed by atoms with Gasteiger partial charge in [0.2, 0.25) is 0 Å². The van der Waals surface area contributed by atoms with E-state index in [1.807, 2.05) is 42.5 Å². The summed E-state index contributed by atoms with van der Waals surface area (Å²) in [5.41, 5.74) is 3.97. The molecule has 0 fully saturated rings. The standard InChI is InChI=1S/C16H17BrN2O2/c1-18-16(21)19-9-12-4-2-3-5-14(12)11-6-7-13(10-20)15(17)8-11/h2-8,20H,9-10H2,1H3,(H2,18,19,21). The van der Waals surface area contributed by atoms with E-state index in [9.17, 15) is 9.90 Å². The second-order valence-corrected chi connectivity index (χ2v) is 5.41. The molecular weight excluding hydrogens is 332 g/mol. The number of carbonyl (C=O) groups is 1. The summed E-state index contributed by atoms with van der Waals surface area (Å²) in [7, 11) is 1.59. The Balaban J connectivity index is 2.31. The summed E-state index contributed by atoms with van der Waals surface area (Å²) in [6.07, 6.45) is 0. The Morgan fingerprint density at radius 1 is 1.19 bits per heavy atom. The molecule has 5 heteroatoms. The number of hydrogen-bond acceptors (Lipinski definition) is 2. The highest BCUT2D eigenvalue weighted by molar-refractivity contribution is 9.10. The highest BCUT2D eigenvalue weighted by atomic mass is 79.9. The lowest BCUT2D eigenvalue weighted by molar-refractivity contribution is 0.242. The third kappa shape index (κ3) is 3.83. The maximum atomic E-state index is 11.3. The Hall–Kier alpha value is -1.85. The van der Waals surface area contributed by atoms with Gasteiger partial charge < -0.3 is 15.7 Å². The van der Waals surface area contributed by atoms with Crippen LogP contribution in [-0.4, -0.2) is 18.2 Å². The van der Waals surface area contributed by atoms with E-state index in [-0.39, 0.29) is 12.6 Å². The lowest BCUT2D eigenvalue weighted by Crippen LogP contribution is -2.32. The number of rotatable bonds is 4. The van der Waals surface area contributed by atoms with E-state index in [1.165, 1.54) is 0 Å². The van der Waals surface area contributed by atoms with Crippen molar-refractivity contribution in [3.63, 3.8) is 0 Å². The zero-order chi connectivity index (χ0) is 15.2. The van der Waals surface area contributed by atoms with Gasteiger partial charge in [-0.25, -0.2) is 4.79 Å². The van der Waals surface area contributed by atoms with E-state index in [2.05, 4.69) is 26.6 Å². The van der Waals surface area contributed by atoms with E-state index >= 15 is 0 Å². The molecule has 110 valence electrons. The minimum Gasteiger partial charge on any atom is -0.392 e. The molecule has 0 aliphatic carbocycles. The van der Waals surface area contributed by atoms with Gasteiger partial charge >= 0.3 is 6.03 Å². The molecule has 0 atom stereocenters. The summed E-state index contributed by atoms with van der Waals surface area (Å²) in [6, 6.07) is 13.5. The van der Waals surface area contributed by atoms with Crippen LogP contribution in [0.4, 0.5) is 4.79 Å². The molecule has 2 aromatic carbocycles. The first-order valence-corrected chi connectivity index (χ1v) is 7.38. The summed E-state index contributed by atoms with van der Waals surface area (Å²) >= 11 is 3.46. The van der Waals surface area contributed by atoms with Crippen molar-refractivity contribution < 1.29 is 9.90 Å². The summed E-state index contributed by atoms with van der Waals surface area (Å²) < 4.78 is 0.872. The predicted octanol–water partition coefficient (Wildman–Crippen LogP) is 3.04. The molecule has 0 unspecified atom stereocenters. The quantitative estimate of drug-likeness (QED) is 0.795. The zero-order valence-corrected chi connectivity index (χ0v) is 13.3. The third-order valence-electron chi connectivity index (χ3n) is 3.22. The molecule has 3 N–H and O–H groups in total. The van der Waals surface area contributed by atoms with Crippen molar-refractivity contribution in [3.8, 4) is 11.1 Å². The molecule has 0 aliphatic rings. The minimum absolute atomic E-state index is 0.000731. The molecule has 0 radical (unpaired) electrons. The largest absolute Gasteiger partial charge is 0.392 e. The lowest BCUT2D eigenvalue weighted by Gasteiger charge is -2.12. The lowest BCUT2D eigenvalue weighted by atomic mass is 9.98. The number of urea groups is 1. The fraction of sp³-hybridized carbons (Fsp3) is 0.188. The molecular formula is C16H17BrN2O2. The Labute approximate surface area is 132 Å². The molecule has 0 aromatic heterocycles. The maximum absolute atomic E-state index is 11.3. The number of amides is 2. The predicted molar refractivity (Wildman–Crippen MR) is 86.8 cm³/mol. The highest BCUT2D eigenvalue weighted by Crippen LogP contribution is 2.28. The molecule has 2 rings (SSSR count). The fourth-order valence-electron chi connectivity index (χ4n) is 2.06. The highest BCUT2D eigenvalue weighted by Gasteiger charge is 2.08. The monoisotopic (exact) mass is 348 g/mol. The van der Waals surface area contributed by atoms with E-state index in [0.29, 0.717) is 6.54 Å². The average molecular weight is 349 g/mol. The van der Waals surface area contributed by atoms with Crippen molar-refractivity contribution in [2.45, 2.75) is 13.2 Å². The Morgan fingerprint density at radius 2 is 1.95 bits per heavy atom. The molecule has 0 saturated carbocycles. The van der Waals surface area contributed by atoms with Crippen LogP contribution in [0.5, 0.6) is 0 Å². The number of aliphatic hydroxyl groups is 1. The first kappa shape index (κ1) is 15.5. The normalized spacial score (nSPS) is 10.2. The van der Waals surface area contributed by atoms with Crippen LogP contribution in [0.3, 0.4) is 0 Å². The van der Waals surface area contributed by atoms with Gasteiger partial charge in [0.15, 0.2) is 0 Å². The van der Waals surface area contributed by atoms with Crippen LogP contribution in [-0.2, 0) is 13.2 Å². The van der Waals surface area contributed by atoms with Crippen molar-refractivity contribution in [3.05, 3.63) is 58.1 Å². The van der Waals surface area contributed by atoms with Gasteiger partial charge in [0, 0.05) is 18.1 Å². The SMILES string of the molecule is CNC(=O)NCc1ccccc1-c1ccc(CO)c(Br)c1. The second kappa shape index (κ2) is 7.24. The number of benzene rings is 2. The second-order valence-electron chi connectivity index (χ2n) is 4.55. The van der Waals surface area contributed by atoms with Crippen LogP contribution in [0.25, 0.3) is 11.1 Å². The van der Waals surface area contributed by atoms with Gasteiger partial charge in [-0.1, -0.05) is 52.3 Å². The van der Waals surface area contributed by atoms with Gasteiger partial charge in [0.05, 0.1) is 6.61 Å². The summed E-state index contributed by atoms with van der Waals surface area (Å²) in [5, 5.41) is 14.5. The zero-order valence-electron chi connectivity index (χ0n) is 11.7. The van der Waals surface area contributed by atoms with Crippen molar-refractivity contribution in [2.24, 2.45) is 0 Å². The molecule has 0 bridgehead atoms. The van der Waals surface area contributed by atoms with Crippen molar-refractivity contribution in [2.75, 3.05) is 7.05 Å². The van der Waals surface area contributed by atoms with Gasteiger partial charge in [0.1, 0.15) is 0 Å². The maximum Gasteiger partial charge on any atom is 0.314 e. The first-order chi connectivity index (χ1) is 10.2. The van der Waals surface area contributed by atoms with E-state index in [4.69, 9.17) is 0 Å². The molecule has 2 amide bonds. The van der Waals surface area contributed by atoms with Crippen LogP contribution < -0.4 is 10.6 Å². The molecule has 0 aliphatic heterocycles. The number of hydrogen-bond donors (Lipinski definition) is 3. The molecule has 0 saturated heterocycles. The molecule has 21 heavy (non-hydrogen) atoms. The Kier molecular flexibility index (Phi) is 5.36. The van der Waals surface area contributed by atoms with E-state index < -0.39 is 0 Å². The number of carbonyl (C=O) groups excluding carboxylic acids is 1. The topological polar surface area (TPSA) is 61.4 Å². The summed E-state index contributed by atoms with van der Waals surface area (Å²) in [5.74, 6) is 0. The molecule has 0 spiro atoms. The van der Waals surface area contributed by atoms with Gasteiger partial charge in [-0.15, -0.1) is 0 Å². The van der Waals surface area contributed by atoms with Crippen LogP contribution >= 0.6 is 15.9 Å². The van der Waals surface area contributed by atoms with Crippen LogP contribution in [0.2, 0.25) is 0 Å². The van der Waals surface area contributed by atoms with Gasteiger partial charge in [-0.2, -0.15) is 0 Å². The van der Waals surface area contributed by atoms with Crippen molar-refractivity contribution in [1.29, 1.82) is 0 Å². The van der Waals surface area contributed by atoms with E-state index in [1.54, 1.807) is 7.05 Å². The van der Waals surface area contributed by atoms with Crippen molar-refractivity contribution in [1.82, 2.24) is 10.6 Å². The van der Waals surface area contributed by atoms with Gasteiger partial charge in [0.25, 0.3) is 0 Å².